The van der Waals surface area contributed by atoms with Gasteiger partial charge in [-0.05, 0) is 24.1 Å². The number of amides is 2. The van der Waals surface area contributed by atoms with Crippen LogP contribution in [0.25, 0.3) is 0 Å². The first-order chi connectivity index (χ1) is 9.13. The number of nitriles is 1. The highest BCUT2D eigenvalue weighted by atomic mass is 16.2. The van der Waals surface area contributed by atoms with Crippen molar-refractivity contribution in [3.05, 3.63) is 35.4 Å². The highest BCUT2D eigenvalue weighted by Crippen LogP contribution is 2.14. The predicted molar refractivity (Wildman–Crippen MR) is 68.8 cm³/mol. The Morgan fingerprint density at radius 2 is 2.05 bits per heavy atom. The van der Waals surface area contributed by atoms with E-state index in [-0.39, 0.29) is 24.4 Å². The average molecular weight is 257 g/mol. The number of carbonyl (C=O) groups is 2. The number of rotatable bonds is 3. The van der Waals surface area contributed by atoms with E-state index in [1.807, 2.05) is 24.0 Å². The first kappa shape index (κ1) is 13.2. The van der Waals surface area contributed by atoms with E-state index in [0.717, 1.165) is 5.56 Å². The molecule has 1 aliphatic rings. The molecule has 98 valence electrons. The number of carbonyl (C=O) groups excluding carboxylic acids is 2. The van der Waals surface area contributed by atoms with Crippen LogP contribution in [0.2, 0.25) is 0 Å². The number of piperazine rings is 1. The minimum absolute atomic E-state index is 0.226. The molecule has 1 fully saturated rings. The smallest absolute Gasteiger partial charge is 0.243 e. The lowest BCUT2D eigenvalue weighted by Gasteiger charge is -2.33. The fourth-order valence-electron chi connectivity index (χ4n) is 2.25. The maximum Gasteiger partial charge on any atom is 0.243 e. The second kappa shape index (κ2) is 5.63. The SMILES string of the molecule is CCC1C(=O)NC(=O)CN1Cc1ccc(C#N)cc1. The quantitative estimate of drug-likeness (QED) is 0.813. The van der Waals surface area contributed by atoms with Crippen LogP contribution in [0, 0.1) is 11.3 Å². The van der Waals surface area contributed by atoms with Crippen molar-refractivity contribution in [3.8, 4) is 6.07 Å². The van der Waals surface area contributed by atoms with E-state index in [1.165, 1.54) is 0 Å². The van der Waals surface area contributed by atoms with Crippen LogP contribution in [-0.4, -0.2) is 29.3 Å². The van der Waals surface area contributed by atoms with Crippen LogP contribution in [0.3, 0.4) is 0 Å². The molecule has 0 saturated carbocycles. The van der Waals surface area contributed by atoms with Crippen molar-refractivity contribution in [1.82, 2.24) is 10.2 Å². The van der Waals surface area contributed by atoms with Gasteiger partial charge in [-0.3, -0.25) is 19.8 Å². The Kier molecular flexibility index (Phi) is 3.93. The van der Waals surface area contributed by atoms with Crippen LogP contribution in [0.1, 0.15) is 24.5 Å². The van der Waals surface area contributed by atoms with Gasteiger partial charge in [-0.15, -0.1) is 0 Å². The predicted octanol–water partition coefficient (Wildman–Crippen LogP) is 0.795. The van der Waals surface area contributed by atoms with Gasteiger partial charge in [0.05, 0.1) is 24.2 Å². The minimum Gasteiger partial charge on any atom is -0.294 e. The maximum atomic E-state index is 11.7. The van der Waals surface area contributed by atoms with Crippen LogP contribution in [0.15, 0.2) is 24.3 Å². The molecule has 2 amide bonds. The minimum atomic E-state index is -0.270. The monoisotopic (exact) mass is 257 g/mol. The van der Waals surface area contributed by atoms with Gasteiger partial charge < -0.3 is 0 Å². The Bertz CT molecular complexity index is 531. The van der Waals surface area contributed by atoms with Gasteiger partial charge in [-0.1, -0.05) is 19.1 Å². The first-order valence-corrected chi connectivity index (χ1v) is 6.21. The Hall–Kier alpha value is -2.19. The first-order valence-electron chi connectivity index (χ1n) is 6.21. The van der Waals surface area contributed by atoms with E-state index in [4.69, 9.17) is 5.26 Å². The molecule has 0 radical (unpaired) electrons. The van der Waals surface area contributed by atoms with Crippen LogP contribution in [0.4, 0.5) is 0 Å². The highest BCUT2D eigenvalue weighted by Gasteiger charge is 2.32. The molecule has 2 rings (SSSR count). The van der Waals surface area contributed by atoms with Crippen molar-refractivity contribution in [1.29, 1.82) is 5.26 Å². The van der Waals surface area contributed by atoms with Gasteiger partial charge in [0.1, 0.15) is 0 Å². The van der Waals surface area contributed by atoms with Crippen molar-refractivity contribution in [2.24, 2.45) is 0 Å². The van der Waals surface area contributed by atoms with Gasteiger partial charge in [-0.25, -0.2) is 0 Å². The van der Waals surface area contributed by atoms with Gasteiger partial charge in [-0.2, -0.15) is 5.26 Å². The lowest BCUT2D eigenvalue weighted by molar-refractivity contribution is -0.140. The van der Waals surface area contributed by atoms with E-state index in [9.17, 15) is 9.59 Å². The molecule has 0 spiro atoms. The molecular weight excluding hydrogens is 242 g/mol. The number of imide groups is 1. The summed E-state index contributed by atoms with van der Waals surface area (Å²) in [5.74, 6) is -0.490. The lowest BCUT2D eigenvalue weighted by atomic mass is 10.1. The number of nitrogens with one attached hydrogen (secondary N) is 1. The summed E-state index contributed by atoms with van der Waals surface area (Å²) in [6, 6.07) is 8.97. The average Bonchev–Trinajstić information content (AvgIpc) is 2.39. The van der Waals surface area contributed by atoms with E-state index in [2.05, 4.69) is 11.4 Å². The van der Waals surface area contributed by atoms with Gasteiger partial charge >= 0.3 is 0 Å². The normalized spacial score (nSPS) is 19.9. The van der Waals surface area contributed by atoms with E-state index in [0.29, 0.717) is 18.5 Å². The summed E-state index contributed by atoms with van der Waals surface area (Å²) in [6.07, 6.45) is 0.662. The third-order valence-electron chi connectivity index (χ3n) is 3.21. The molecular formula is C14H15N3O2. The standard InChI is InChI=1S/C14H15N3O2/c1-2-12-14(19)16-13(18)9-17(12)8-11-5-3-10(7-15)4-6-11/h3-6,12H,2,8-9H2,1H3,(H,16,18,19). The second-order valence-corrected chi connectivity index (χ2v) is 4.55. The number of hydrogen-bond acceptors (Lipinski definition) is 4. The Labute approximate surface area is 111 Å². The maximum absolute atomic E-state index is 11.7. The van der Waals surface area contributed by atoms with Crippen molar-refractivity contribution < 1.29 is 9.59 Å². The summed E-state index contributed by atoms with van der Waals surface area (Å²) in [5, 5.41) is 11.1. The fourth-order valence-corrected chi connectivity index (χ4v) is 2.25. The van der Waals surface area contributed by atoms with Crippen molar-refractivity contribution in [2.75, 3.05) is 6.54 Å². The zero-order valence-electron chi connectivity index (χ0n) is 10.7. The van der Waals surface area contributed by atoms with Gasteiger partial charge in [0.2, 0.25) is 11.8 Å². The molecule has 0 bridgehead atoms. The summed E-state index contributed by atoms with van der Waals surface area (Å²) in [6.45, 7) is 2.68. The summed E-state index contributed by atoms with van der Waals surface area (Å²) in [5.41, 5.74) is 1.59. The lowest BCUT2D eigenvalue weighted by Crippen LogP contribution is -2.57. The van der Waals surface area contributed by atoms with Crippen molar-refractivity contribution in [3.63, 3.8) is 0 Å². The largest absolute Gasteiger partial charge is 0.294 e. The van der Waals surface area contributed by atoms with E-state index < -0.39 is 0 Å². The highest BCUT2D eigenvalue weighted by molar-refractivity contribution is 6.01. The fraction of sp³-hybridized carbons (Fsp3) is 0.357. The summed E-state index contributed by atoms with van der Waals surface area (Å²) >= 11 is 0. The molecule has 1 atom stereocenters. The number of hydrogen-bond donors (Lipinski definition) is 1. The molecule has 1 N–H and O–H groups in total. The Morgan fingerprint density at radius 3 is 2.63 bits per heavy atom. The van der Waals surface area contributed by atoms with E-state index >= 15 is 0 Å². The van der Waals surface area contributed by atoms with E-state index in [1.54, 1.807) is 12.1 Å². The molecule has 1 aliphatic heterocycles. The van der Waals surface area contributed by atoms with Crippen LogP contribution < -0.4 is 5.32 Å². The topological polar surface area (TPSA) is 73.2 Å². The molecule has 1 saturated heterocycles. The molecule has 19 heavy (non-hydrogen) atoms. The molecule has 5 heteroatoms. The summed E-state index contributed by atoms with van der Waals surface area (Å²) < 4.78 is 0. The Balaban J connectivity index is 2.13. The van der Waals surface area contributed by atoms with Crippen LogP contribution in [-0.2, 0) is 16.1 Å². The molecule has 1 unspecified atom stereocenters. The van der Waals surface area contributed by atoms with Gasteiger partial charge in [0.15, 0.2) is 0 Å². The molecule has 0 aromatic heterocycles. The zero-order valence-corrected chi connectivity index (χ0v) is 10.7. The van der Waals surface area contributed by atoms with Crippen molar-refractivity contribution in [2.45, 2.75) is 25.9 Å². The third-order valence-corrected chi connectivity index (χ3v) is 3.21. The molecule has 0 aliphatic carbocycles. The summed E-state index contributed by atoms with van der Waals surface area (Å²) in [4.78, 5) is 25.0. The number of nitrogens with zero attached hydrogens (tertiary/aromatic N) is 2. The van der Waals surface area contributed by atoms with Gasteiger partial charge in [0, 0.05) is 6.54 Å². The van der Waals surface area contributed by atoms with Crippen molar-refractivity contribution >= 4 is 11.8 Å². The molecule has 1 heterocycles. The molecule has 1 aromatic carbocycles. The molecule has 5 nitrogen and oxygen atoms in total. The number of benzene rings is 1. The zero-order chi connectivity index (χ0) is 13.8. The summed E-state index contributed by atoms with van der Waals surface area (Å²) in [7, 11) is 0. The van der Waals surface area contributed by atoms with Gasteiger partial charge in [0.25, 0.3) is 0 Å². The molecule has 1 aromatic rings. The second-order valence-electron chi connectivity index (χ2n) is 4.55. The Morgan fingerprint density at radius 1 is 1.37 bits per heavy atom. The van der Waals surface area contributed by atoms with Crippen LogP contribution >= 0.6 is 0 Å². The third kappa shape index (κ3) is 2.98. The van der Waals surface area contributed by atoms with Crippen LogP contribution in [0.5, 0.6) is 0 Å².